The van der Waals surface area contributed by atoms with Crippen molar-refractivity contribution in [3.63, 3.8) is 0 Å². The Balaban J connectivity index is 1.56. The summed E-state index contributed by atoms with van der Waals surface area (Å²) in [6.45, 7) is 1.43. The number of carbonyl (C=O) groups excluding carboxylic acids is 2. The summed E-state index contributed by atoms with van der Waals surface area (Å²) in [4.78, 5) is 26.6. The third-order valence-corrected chi connectivity index (χ3v) is 5.21. The predicted octanol–water partition coefficient (Wildman–Crippen LogP) is 2.89. The molecule has 2 aromatic carbocycles. The van der Waals surface area contributed by atoms with Crippen molar-refractivity contribution < 1.29 is 27.2 Å². The molecule has 2 amide bonds. The first kappa shape index (κ1) is 22.7. The molecule has 1 saturated heterocycles. The summed E-state index contributed by atoms with van der Waals surface area (Å²) >= 11 is 0. The van der Waals surface area contributed by atoms with Crippen LogP contribution in [-0.4, -0.2) is 42.4 Å². The fourth-order valence-corrected chi connectivity index (χ4v) is 3.48. The molecule has 0 radical (unpaired) electrons. The van der Waals surface area contributed by atoms with Gasteiger partial charge in [-0.2, -0.15) is 13.2 Å². The first-order valence-electron chi connectivity index (χ1n) is 9.92. The van der Waals surface area contributed by atoms with Crippen LogP contribution in [-0.2, 0) is 28.7 Å². The molecule has 9 heteroatoms. The van der Waals surface area contributed by atoms with Crippen molar-refractivity contribution in [2.45, 2.75) is 31.6 Å². The number of benzene rings is 2. The van der Waals surface area contributed by atoms with E-state index < -0.39 is 29.5 Å². The quantitative estimate of drug-likeness (QED) is 0.655. The van der Waals surface area contributed by atoms with E-state index in [0.717, 1.165) is 24.1 Å². The van der Waals surface area contributed by atoms with Gasteiger partial charge in [0.05, 0.1) is 18.0 Å². The average molecular weight is 437 g/mol. The topological polar surface area (TPSA) is 61.4 Å². The number of amides is 2. The zero-order valence-electron chi connectivity index (χ0n) is 16.7. The first-order valence-corrected chi connectivity index (χ1v) is 9.92. The van der Waals surface area contributed by atoms with Crippen LogP contribution in [0.1, 0.15) is 23.1 Å². The van der Waals surface area contributed by atoms with Gasteiger partial charge in [-0.05, 0) is 24.1 Å². The molecule has 3 rings (SSSR count). The van der Waals surface area contributed by atoms with Crippen molar-refractivity contribution in [1.82, 2.24) is 15.5 Å². The van der Waals surface area contributed by atoms with E-state index in [1.807, 2.05) is 35.2 Å². The standard InChI is InChI=1S/C22H23F4N3O2/c23-18-12-17(22(24,25)26)7-6-16(18)14-28-20(30)13-19-21(31)27-9-11-29(19)10-8-15-4-2-1-3-5-15/h1-7,12,19H,8-11,13-14H2,(H,27,31)(H,28,30). The van der Waals surface area contributed by atoms with Gasteiger partial charge in [0, 0.05) is 31.7 Å². The summed E-state index contributed by atoms with van der Waals surface area (Å²) in [5, 5.41) is 5.24. The van der Waals surface area contributed by atoms with Gasteiger partial charge >= 0.3 is 6.18 Å². The van der Waals surface area contributed by atoms with Gasteiger partial charge in [0.1, 0.15) is 5.82 Å². The maximum absolute atomic E-state index is 14.0. The van der Waals surface area contributed by atoms with E-state index in [-0.39, 0.29) is 24.4 Å². The minimum Gasteiger partial charge on any atom is -0.353 e. The highest BCUT2D eigenvalue weighted by Crippen LogP contribution is 2.30. The molecular formula is C22H23F4N3O2. The van der Waals surface area contributed by atoms with E-state index in [4.69, 9.17) is 0 Å². The lowest BCUT2D eigenvalue weighted by molar-refractivity contribution is -0.137. The number of nitrogens with zero attached hydrogens (tertiary/aromatic N) is 1. The fourth-order valence-electron chi connectivity index (χ4n) is 3.48. The lowest BCUT2D eigenvalue weighted by Gasteiger charge is -2.34. The maximum Gasteiger partial charge on any atom is 0.416 e. The van der Waals surface area contributed by atoms with Gasteiger partial charge in [0.15, 0.2) is 0 Å². The van der Waals surface area contributed by atoms with E-state index in [0.29, 0.717) is 25.7 Å². The molecule has 1 heterocycles. The summed E-state index contributed by atoms with van der Waals surface area (Å²) in [5.41, 5.74) is -0.0298. The van der Waals surface area contributed by atoms with Crippen LogP contribution in [0.3, 0.4) is 0 Å². The predicted molar refractivity (Wildman–Crippen MR) is 106 cm³/mol. The van der Waals surface area contributed by atoms with Crippen LogP contribution in [0.2, 0.25) is 0 Å². The zero-order chi connectivity index (χ0) is 22.4. The third kappa shape index (κ3) is 6.27. The molecule has 5 nitrogen and oxygen atoms in total. The number of halogens is 4. The molecule has 1 atom stereocenters. The van der Waals surface area contributed by atoms with Crippen molar-refractivity contribution >= 4 is 11.8 Å². The van der Waals surface area contributed by atoms with E-state index in [1.54, 1.807) is 0 Å². The number of nitrogens with one attached hydrogen (secondary N) is 2. The van der Waals surface area contributed by atoms with Gasteiger partial charge in [-0.1, -0.05) is 36.4 Å². The smallest absolute Gasteiger partial charge is 0.353 e. The number of hydrogen-bond acceptors (Lipinski definition) is 3. The molecule has 1 aliphatic rings. The minimum atomic E-state index is -4.64. The zero-order valence-corrected chi connectivity index (χ0v) is 16.7. The normalized spacial score (nSPS) is 17.3. The number of alkyl halides is 3. The van der Waals surface area contributed by atoms with Crippen LogP contribution in [0.5, 0.6) is 0 Å². The van der Waals surface area contributed by atoms with Gasteiger partial charge < -0.3 is 10.6 Å². The van der Waals surface area contributed by atoms with Gasteiger partial charge in [-0.15, -0.1) is 0 Å². The maximum atomic E-state index is 14.0. The number of carbonyl (C=O) groups is 2. The third-order valence-electron chi connectivity index (χ3n) is 5.21. The molecule has 0 bridgehead atoms. The molecule has 31 heavy (non-hydrogen) atoms. The Bertz CT molecular complexity index is 919. The summed E-state index contributed by atoms with van der Waals surface area (Å²) in [7, 11) is 0. The second kappa shape index (κ2) is 9.91. The Morgan fingerprint density at radius 3 is 2.58 bits per heavy atom. The SMILES string of the molecule is O=C(CC1C(=O)NCCN1CCc1ccccc1)NCc1ccc(C(F)(F)F)cc1F. The molecule has 0 spiro atoms. The van der Waals surface area contributed by atoms with E-state index in [9.17, 15) is 27.2 Å². The molecule has 0 saturated carbocycles. The van der Waals surface area contributed by atoms with Crippen molar-refractivity contribution in [3.05, 3.63) is 71.0 Å². The summed E-state index contributed by atoms with van der Waals surface area (Å²) in [6.07, 6.45) is -4.04. The Morgan fingerprint density at radius 2 is 1.90 bits per heavy atom. The molecule has 1 fully saturated rings. The Morgan fingerprint density at radius 1 is 1.16 bits per heavy atom. The lowest BCUT2D eigenvalue weighted by Crippen LogP contribution is -2.56. The molecule has 0 aliphatic carbocycles. The van der Waals surface area contributed by atoms with Crippen LogP contribution in [0.4, 0.5) is 17.6 Å². The molecule has 2 N–H and O–H groups in total. The van der Waals surface area contributed by atoms with Crippen molar-refractivity contribution in [1.29, 1.82) is 0 Å². The summed E-state index contributed by atoms with van der Waals surface area (Å²) in [6, 6.07) is 11.3. The number of piperazine rings is 1. The molecular weight excluding hydrogens is 414 g/mol. The molecule has 0 aromatic heterocycles. The lowest BCUT2D eigenvalue weighted by atomic mass is 10.1. The Kier molecular flexibility index (Phi) is 7.27. The van der Waals surface area contributed by atoms with Crippen molar-refractivity contribution in [2.24, 2.45) is 0 Å². The van der Waals surface area contributed by atoms with Gasteiger partial charge in [-0.25, -0.2) is 4.39 Å². The highest BCUT2D eigenvalue weighted by Gasteiger charge is 2.32. The van der Waals surface area contributed by atoms with Crippen molar-refractivity contribution in [2.75, 3.05) is 19.6 Å². The second-order valence-electron chi connectivity index (χ2n) is 7.36. The highest BCUT2D eigenvalue weighted by atomic mass is 19.4. The van der Waals surface area contributed by atoms with Crippen LogP contribution in [0.25, 0.3) is 0 Å². The fraction of sp³-hybridized carbons (Fsp3) is 0.364. The number of hydrogen-bond donors (Lipinski definition) is 2. The van der Waals surface area contributed by atoms with E-state index >= 15 is 0 Å². The molecule has 1 aliphatic heterocycles. The van der Waals surface area contributed by atoms with Crippen LogP contribution < -0.4 is 10.6 Å². The second-order valence-corrected chi connectivity index (χ2v) is 7.36. The average Bonchev–Trinajstić information content (AvgIpc) is 2.73. The minimum absolute atomic E-state index is 0.0598. The molecule has 1 unspecified atom stereocenters. The van der Waals surface area contributed by atoms with Gasteiger partial charge in [0.25, 0.3) is 0 Å². The van der Waals surface area contributed by atoms with E-state index in [1.165, 1.54) is 0 Å². The highest BCUT2D eigenvalue weighted by molar-refractivity contribution is 5.88. The first-order chi connectivity index (χ1) is 14.7. The molecule has 166 valence electrons. The summed E-state index contributed by atoms with van der Waals surface area (Å²) in [5.74, 6) is -1.78. The number of rotatable bonds is 7. The van der Waals surface area contributed by atoms with Crippen molar-refractivity contribution in [3.8, 4) is 0 Å². The van der Waals surface area contributed by atoms with Crippen LogP contribution in [0.15, 0.2) is 48.5 Å². The van der Waals surface area contributed by atoms with E-state index in [2.05, 4.69) is 10.6 Å². The van der Waals surface area contributed by atoms with Crippen LogP contribution >= 0.6 is 0 Å². The Labute approximate surface area is 177 Å². The van der Waals surface area contributed by atoms with Crippen LogP contribution in [0, 0.1) is 5.82 Å². The largest absolute Gasteiger partial charge is 0.416 e. The van der Waals surface area contributed by atoms with Gasteiger partial charge in [0.2, 0.25) is 11.8 Å². The summed E-state index contributed by atoms with van der Waals surface area (Å²) < 4.78 is 51.9. The molecule has 2 aromatic rings. The monoisotopic (exact) mass is 437 g/mol. The van der Waals surface area contributed by atoms with Gasteiger partial charge in [-0.3, -0.25) is 14.5 Å². The Hall–Kier alpha value is -2.94.